The third kappa shape index (κ3) is 3.78. The molecule has 1 fully saturated rings. The van der Waals surface area contributed by atoms with E-state index in [0.717, 1.165) is 60.1 Å². The van der Waals surface area contributed by atoms with E-state index in [1.807, 2.05) is 22.8 Å². The summed E-state index contributed by atoms with van der Waals surface area (Å²) in [6.07, 6.45) is 5.34. The molecular weight excluding hydrogens is 356 g/mol. The lowest BCUT2D eigenvalue weighted by molar-refractivity contribution is 0.0950. The maximum Gasteiger partial charge on any atom is 0.348 e. The molecule has 1 atom stereocenters. The SMILES string of the molecule is O=c1nc(SCc2cccc(Cl)c2)c2c(n1CC1CCCO1)CCC2. The molecule has 0 radical (unpaired) electrons. The van der Waals surface area contributed by atoms with Crippen molar-refractivity contribution in [3.05, 3.63) is 56.6 Å². The van der Waals surface area contributed by atoms with Crippen LogP contribution in [0.3, 0.4) is 0 Å². The summed E-state index contributed by atoms with van der Waals surface area (Å²) >= 11 is 7.70. The first-order valence-electron chi connectivity index (χ1n) is 8.82. The number of hydrogen-bond donors (Lipinski definition) is 0. The number of aromatic nitrogens is 2. The number of nitrogens with zero attached hydrogens (tertiary/aromatic N) is 2. The smallest absolute Gasteiger partial charge is 0.348 e. The molecule has 2 aliphatic rings. The van der Waals surface area contributed by atoms with Crippen LogP contribution >= 0.6 is 23.4 Å². The Morgan fingerprint density at radius 3 is 3.04 bits per heavy atom. The van der Waals surface area contributed by atoms with Crippen molar-refractivity contribution in [1.82, 2.24) is 9.55 Å². The van der Waals surface area contributed by atoms with E-state index >= 15 is 0 Å². The third-order valence-corrected chi connectivity index (χ3v) is 6.20. The highest BCUT2D eigenvalue weighted by molar-refractivity contribution is 7.98. The van der Waals surface area contributed by atoms with Crippen LogP contribution in [0.2, 0.25) is 5.02 Å². The van der Waals surface area contributed by atoms with Gasteiger partial charge in [0.1, 0.15) is 5.03 Å². The van der Waals surface area contributed by atoms with Gasteiger partial charge in [-0.05, 0) is 49.8 Å². The normalized spacial score (nSPS) is 19.3. The topological polar surface area (TPSA) is 44.1 Å². The molecule has 0 saturated carbocycles. The molecule has 4 nitrogen and oxygen atoms in total. The predicted molar refractivity (Wildman–Crippen MR) is 101 cm³/mol. The molecule has 0 N–H and O–H groups in total. The van der Waals surface area contributed by atoms with Gasteiger partial charge in [-0.3, -0.25) is 4.57 Å². The summed E-state index contributed by atoms with van der Waals surface area (Å²) in [5, 5.41) is 1.63. The quantitative estimate of drug-likeness (QED) is 0.587. The van der Waals surface area contributed by atoms with Crippen LogP contribution in [0, 0.1) is 0 Å². The fourth-order valence-corrected chi connectivity index (χ4v) is 4.90. The summed E-state index contributed by atoms with van der Waals surface area (Å²) in [5.41, 5.74) is 3.44. The molecule has 2 aromatic rings. The Morgan fingerprint density at radius 1 is 1.32 bits per heavy atom. The number of ether oxygens (including phenoxy) is 1. The molecular formula is C19H21ClN2O2S. The van der Waals surface area contributed by atoms with Gasteiger partial charge in [-0.2, -0.15) is 4.98 Å². The second-order valence-electron chi connectivity index (χ2n) is 6.64. The number of halogens is 1. The van der Waals surface area contributed by atoms with Gasteiger partial charge in [0.15, 0.2) is 0 Å². The van der Waals surface area contributed by atoms with Gasteiger partial charge < -0.3 is 4.74 Å². The van der Waals surface area contributed by atoms with Gasteiger partial charge in [-0.25, -0.2) is 4.79 Å². The van der Waals surface area contributed by atoms with E-state index in [2.05, 4.69) is 11.1 Å². The third-order valence-electron chi connectivity index (χ3n) is 4.88. The highest BCUT2D eigenvalue weighted by Crippen LogP contribution is 2.31. The monoisotopic (exact) mass is 376 g/mol. The molecule has 1 aromatic heterocycles. The van der Waals surface area contributed by atoms with Crippen molar-refractivity contribution in [2.75, 3.05) is 6.61 Å². The predicted octanol–water partition coefficient (Wildman–Crippen LogP) is 3.86. The van der Waals surface area contributed by atoms with Crippen molar-refractivity contribution in [1.29, 1.82) is 0 Å². The van der Waals surface area contributed by atoms with E-state index in [9.17, 15) is 4.79 Å². The lowest BCUT2D eigenvalue weighted by Crippen LogP contribution is -2.31. The fraction of sp³-hybridized carbons (Fsp3) is 0.474. The first-order chi connectivity index (χ1) is 12.2. The molecule has 1 aliphatic carbocycles. The molecule has 0 bridgehead atoms. The zero-order valence-electron chi connectivity index (χ0n) is 14.0. The van der Waals surface area contributed by atoms with Crippen LogP contribution in [0.25, 0.3) is 0 Å². The van der Waals surface area contributed by atoms with Crippen LogP contribution in [0.15, 0.2) is 34.1 Å². The Bertz CT molecular complexity index is 831. The molecule has 1 unspecified atom stereocenters. The van der Waals surface area contributed by atoms with Crippen LogP contribution in [0.5, 0.6) is 0 Å². The number of rotatable bonds is 5. The van der Waals surface area contributed by atoms with E-state index in [1.54, 1.807) is 11.8 Å². The van der Waals surface area contributed by atoms with Crippen LogP contribution in [0.4, 0.5) is 0 Å². The first-order valence-corrected chi connectivity index (χ1v) is 10.2. The molecule has 6 heteroatoms. The largest absolute Gasteiger partial charge is 0.376 e. The number of hydrogen-bond acceptors (Lipinski definition) is 4. The Kier molecular flexibility index (Phi) is 5.15. The summed E-state index contributed by atoms with van der Waals surface area (Å²) in [5.74, 6) is 0.773. The average Bonchev–Trinajstić information content (AvgIpc) is 3.27. The lowest BCUT2D eigenvalue weighted by Gasteiger charge is -2.17. The van der Waals surface area contributed by atoms with Gasteiger partial charge in [-0.15, -0.1) is 11.8 Å². The van der Waals surface area contributed by atoms with Gasteiger partial charge in [0.2, 0.25) is 0 Å². The van der Waals surface area contributed by atoms with Gasteiger partial charge in [0, 0.05) is 28.6 Å². The summed E-state index contributed by atoms with van der Waals surface area (Å²) in [7, 11) is 0. The fourth-order valence-electron chi connectivity index (χ4n) is 3.66. The van der Waals surface area contributed by atoms with Crippen molar-refractivity contribution in [3.63, 3.8) is 0 Å². The molecule has 0 spiro atoms. The van der Waals surface area contributed by atoms with Crippen molar-refractivity contribution < 1.29 is 4.74 Å². The summed E-state index contributed by atoms with van der Waals surface area (Å²) < 4.78 is 7.58. The van der Waals surface area contributed by atoms with E-state index in [4.69, 9.17) is 16.3 Å². The highest BCUT2D eigenvalue weighted by Gasteiger charge is 2.25. The van der Waals surface area contributed by atoms with Gasteiger partial charge in [-0.1, -0.05) is 23.7 Å². The molecule has 1 aromatic carbocycles. The van der Waals surface area contributed by atoms with E-state index in [-0.39, 0.29) is 11.8 Å². The molecule has 1 aliphatic heterocycles. The van der Waals surface area contributed by atoms with E-state index < -0.39 is 0 Å². The van der Waals surface area contributed by atoms with Crippen molar-refractivity contribution >= 4 is 23.4 Å². The highest BCUT2D eigenvalue weighted by atomic mass is 35.5. The summed E-state index contributed by atoms with van der Waals surface area (Å²) in [6.45, 7) is 1.45. The molecule has 25 heavy (non-hydrogen) atoms. The van der Waals surface area contributed by atoms with Crippen molar-refractivity contribution in [2.24, 2.45) is 0 Å². The molecule has 1 saturated heterocycles. The molecule has 4 rings (SSSR count). The minimum atomic E-state index is -0.134. The Hall–Kier alpha value is -1.30. The van der Waals surface area contributed by atoms with Gasteiger partial charge >= 0.3 is 5.69 Å². The Morgan fingerprint density at radius 2 is 2.24 bits per heavy atom. The molecule has 0 amide bonds. The second kappa shape index (κ2) is 7.52. The number of thioether (sulfide) groups is 1. The van der Waals surface area contributed by atoms with E-state index in [0.29, 0.717) is 6.54 Å². The van der Waals surface area contributed by atoms with Crippen molar-refractivity contribution in [3.8, 4) is 0 Å². The standard InChI is InChI=1S/C19H21ClN2O2S/c20-14-5-1-4-13(10-14)12-25-18-16-7-2-8-17(16)22(19(23)21-18)11-15-6-3-9-24-15/h1,4-5,10,15H,2-3,6-9,11-12H2. The van der Waals surface area contributed by atoms with Crippen molar-refractivity contribution in [2.45, 2.75) is 55.5 Å². The summed E-state index contributed by atoms with van der Waals surface area (Å²) in [4.78, 5) is 17.0. The van der Waals surface area contributed by atoms with E-state index in [1.165, 1.54) is 11.3 Å². The van der Waals surface area contributed by atoms with Gasteiger partial charge in [0.25, 0.3) is 0 Å². The lowest BCUT2D eigenvalue weighted by atomic mass is 10.2. The zero-order valence-corrected chi connectivity index (χ0v) is 15.6. The molecule has 132 valence electrons. The summed E-state index contributed by atoms with van der Waals surface area (Å²) in [6, 6.07) is 7.85. The maximum absolute atomic E-state index is 12.6. The maximum atomic E-state index is 12.6. The van der Waals surface area contributed by atoms with Crippen LogP contribution in [0.1, 0.15) is 36.1 Å². The molecule has 2 heterocycles. The van der Waals surface area contributed by atoms with Crippen LogP contribution < -0.4 is 5.69 Å². The zero-order chi connectivity index (χ0) is 17.2. The Balaban J connectivity index is 1.58. The van der Waals surface area contributed by atoms with Crippen LogP contribution in [-0.4, -0.2) is 22.3 Å². The number of benzene rings is 1. The second-order valence-corrected chi connectivity index (χ2v) is 8.04. The minimum Gasteiger partial charge on any atom is -0.376 e. The minimum absolute atomic E-state index is 0.134. The van der Waals surface area contributed by atoms with Crippen LogP contribution in [-0.2, 0) is 29.9 Å². The van der Waals surface area contributed by atoms with Gasteiger partial charge in [0.05, 0.1) is 12.6 Å². The number of fused-ring (bicyclic) bond motifs is 1. The average molecular weight is 377 g/mol. The first kappa shape index (κ1) is 17.1. The Labute approximate surface area is 156 Å².